The summed E-state index contributed by atoms with van der Waals surface area (Å²) in [6, 6.07) is 0.453. The molecule has 18 heavy (non-hydrogen) atoms. The van der Waals surface area contributed by atoms with Crippen molar-refractivity contribution in [2.45, 2.75) is 59.1 Å². The van der Waals surface area contributed by atoms with E-state index < -0.39 is 0 Å². The summed E-state index contributed by atoms with van der Waals surface area (Å²) >= 11 is 0. The maximum atomic E-state index is 10.0. The number of rotatable bonds is 6. The van der Waals surface area contributed by atoms with Crippen molar-refractivity contribution in [3.8, 4) is 0 Å². The van der Waals surface area contributed by atoms with Gasteiger partial charge in [0, 0.05) is 19.1 Å². The van der Waals surface area contributed by atoms with Crippen LogP contribution in [0.25, 0.3) is 0 Å². The van der Waals surface area contributed by atoms with Crippen LogP contribution in [-0.2, 0) is 0 Å². The molecule has 0 aromatic carbocycles. The fraction of sp³-hybridized carbons (Fsp3) is 1.00. The van der Waals surface area contributed by atoms with Crippen molar-refractivity contribution in [2.24, 2.45) is 11.8 Å². The quantitative estimate of drug-likeness (QED) is 0.764. The number of nitrogens with zero attached hydrogens (tertiary/aromatic N) is 1. The Labute approximate surface area is 113 Å². The normalized spacial score (nSPS) is 24.5. The molecule has 2 atom stereocenters. The summed E-state index contributed by atoms with van der Waals surface area (Å²) in [5.74, 6) is 1.68. The van der Waals surface area contributed by atoms with Gasteiger partial charge in [0.25, 0.3) is 0 Å². The lowest BCUT2D eigenvalue weighted by atomic mass is 9.89. The minimum atomic E-state index is -0.233. The van der Waals surface area contributed by atoms with Crippen molar-refractivity contribution in [3.05, 3.63) is 0 Å². The summed E-state index contributed by atoms with van der Waals surface area (Å²) in [6.07, 6.45) is 3.70. The Morgan fingerprint density at radius 2 is 1.89 bits per heavy atom. The topological polar surface area (TPSA) is 35.5 Å². The lowest BCUT2D eigenvalue weighted by Gasteiger charge is -2.24. The highest BCUT2D eigenvalue weighted by atomic mass is 16.3. The molecule has 1 saturated heterocycles. The first kappa shape index (κ1) is 15.9. The van der Waals surface area contributed by atoms with Gasteiger partial charge in [0.05, 0.1) is 6.10 Å². The van der Waals surface area contributed by atoms with Gasteiger partial charge in [0.1, 0.15) is 0 Å². The molecular formula is C15H32N2O. The van der Waals surface area contributed by atoms with E-state index in [-0.39, 0.29) is 6.10 Å². The molecule has 0 radical (unpaired) electrons. The molecule has 3 nitrogen and oxygen atoms in total. The van der Waals surface area contributed by atoms with Gasteiger partial charge < -0.3 is 15.3 Å². The SMILES string of the molecule is CC(C)NCC(O)CN1CCCC(C(C)C)CC1. The zero-order valence-corrected chi connectivity index (χ0v) is 12.7. The van der Waals surface area contributed by atoms with Crippen molar-refractivity contribution in [1.82, 2.24) is 10.2 Å². The maximum absolute atomic E-state index is 10.0. The van der Waals surface area contributed by atoms with Crippen LogP contribution < -0.4 is 5.32 Å². The highest BCUT2D eigenvalue weighted by Crippen LogP contribution is 2.24. The maximum Gasteiger partial charge on any atom is 0.0791 e. The van der Waals surface area contributed by atoms with Crippen molar-refractivity contribution in [3.63, 3.8) is 0 Å². The highest BCUT2D eigenvalue weighted by molar-refractivity contribution is 4.75. The summed E-state index contributed by atoms with van der Waals surface area (Å²) in [6.45, 7) is 12.7. The first-order valence-corrected chi connectivity index (χ1v) is 7.62. The zero-order chi connectivity index (χ0) is 13.5. The lowest BCUT2D eigenvalue weighted by molar-refractivity contribution is 0.110. The van der Waals surface area contributed by atoms with E-state index in [1.165, 1.54) is 19.3 Å². The Kier molecular flexibility index (Phi) is 7.20. The largest absolute Gasteiger partial charge is 0.390 e. The Morgan fingerprint density at radius 3 is 2.50 bits per heavy atom. The molecule has 0 aliphatic carbocycles. The van der Waals surface area contributed by atoms with E-state index >= 15 is 0 Å². The molecular weight excluding hydrogens is 224 g/mol. The first-order valence-electron chi connectivity index (χ1n) is 7.62. The van der Waals surface area contributed by atoms with Gasteiger partial charge in [-0.1, -0.05) is 27.7 Å². The molecule has 1 aliphatic heterocycles. The summed E-state index contributed by atoms with van der Waals surface area (Å²) in [7, 11) is 0. The van der Waals surface area contributed by atoms with E-state index in [0.717, 1.165) is 31.5 Å². The number of β-amino-alcohol motifs (C(OH)–C–C–N with tert-alkyl or cyclic N) is 1. The minimum Gasteiger partial charge on any atom is -0.390 e. The molecule has 0 saturated carbocycles. The van der Waals surface area contributed by atoms with Gasteiger partial charge in [-0.05, 0) is 44.2 Å². The number of aliphatic hydroxyl groups excluding tert-OH is 1. The predicted octanol–water partition coefficient (Wildman–Crippen LogP) is 2.10. The lowest BCUT2D eigenvalue weighted by Crippen LogP contribution is -2.40. The number of likely N-dealkylation sites (tertiary alicyclic amines) is 1. The van der Waals surface area contributed by atoms with E-state index in [2.05, 4.69) is 37.9 Å². The van der Waals surface area contributed by atoms with E-state index in [1.807, 2.05) is 0 Å². The molecule has 0 bridgehead atoms. The van der Waals surface area contributed by atoms with Gasteiger partial charge in [-0.2, -0.15) is 0 Å². The fourth-order valence-electron chi connectivity index (χ4n) is 2.77. The summed E-state index contributed by atoms with van der Waals surface area (Å²) in [4.78, 5) is 2.44. The molecule has 2 unspecified atom stereocenters. The molecule has 2 N–H and O–H groups in total. The number of hydrogen-bond donors (Lipinski definition) is 2. The summed E-state index contributed by atoms with van der Waals surface area (Å²) in [5.41, 5.74) is 0. The number of hydrogen-bond acceptors (Lipinski definition) is 3. The standard InChI is InChI=1S/C15H32N2O/c1-12(2)14-6-5-8-17(9-7-14)11-15(18)10-16-13(3)4/h12-16,18H,5-11H2,1-4H3. The fourth-order valence-corrected chi connectivity index (χ4v) is 2.77. The van der Waals surface area contributed by atoms with E-state index in [0.29, 0.717) is 12.6 Å². The molecule has 0 aromatic rings. The van der Waals surface area contributed by atoms with Crippen LogP contribution >= 0.6 is 0 Å². The molecule has 0 spiro atoms. The van der Waals surface area contributed by atoms with Crippen molar-refractivity contribution in [1.29, 1.82) is 0 Å². The molecule has 1 rings (SSSR count). The van der Waals surface area contributed by atoms with Crippen molar-refractivity contribution < 1.29 is 5.11 Å². The third kappa shape index (κ3) is 6.17. The van der Waals surface area contributed by atoms with Crippen LogP contribution in [0.3, 0.4) is 0 Å². The van der Waals surface area contributed by atoms with Crippen LogP contribution in [0.4, 0.5) is 0 Å². The van der Waals surface area contributed by atoms with Crippen molar-refractivity contribution >= 4 is 0 Å². The van der Waals surface area contributed by atoms with Crippen LogP contribution in [0.1, 0.15) is 47.0 Å². The van der Waals surface area contributed by atoms with E-state index in [1.54, 1.807) is 0 Å². The Balaban J connectivity index is 2.26. The van der Waals surface area contributed by atoms with Gasteiger partial charge in [-0.3, -0.25) is 0 Å². The van der Waals surface area contributed by atoms with Gasteiger partial charge in [0.2, 0.25) is 0 Å². The molecule has 1 aliphatic rings. The van der Waals surface area contributed by atoms with E-state index in [9.17, 15) is 5.11 Å². The molecule has 1 fully saturated rings. The second kappa shape index (κ2) is 8.13. The summed E-state index contributed by atoms with van der Waals surface area (Å²) < 4.78 is 0. The Morgan fingerprint density at radius 1 is 1.17 bits per heavy atom. The van der Waals surface area contributed by atoms with Crippen LogP contribution in [0.2, 0.25) is 0 Å². The smallest absolute Gasteiger partial charge is 0.0791 e. The van der Waals surface area contributed by atoms with Gasteiger partial charge in [-0.15, -0.1) is 0 Å². The number of nitrogens with one attached hydrogen (secondary N) is 1. The molecule has 3 heteroatoms. The molecule has 1 heterocycles. The first-order chi connectivity index (χ1) is 8.49. The highest BCUT2D eigenvalue weighted by Gasteiger charge is 2.20. The van der Waals surface area contributed by atoms with Crippen LogP contribution in [-0.4, -0.2) is 48.3 Å². The minimum absolute atomic E-state index is 0.233. The van der Waals surface area contributed by atoms with Gasteiger partial charge >= 0.3 is 0 Å². The van der Waals surface area contributed by atoms with Crippen LogP contribution in [0, 0.1) is 11.8 Å². The average Bonchev–Trinajstić information content (AvgIpc) is 2.52. The predicted molar refractivity (Wildman–Crippen MR) is 77.8 cm³/mol. The summed E-state index contributed by atoms with van der Waals surface area (Å²) in [5, 5.41) is 13.3. The monoisotopic (exact) mass is 256 g/mol. The zero-order valence-electron chi connectivity index (χ0n) is 12.7. The molecule has 108 valence electrons. The average molecular weight is 256 g/mol. The number of aliphatic hydroxyl groups is 1. The van der Waals surface area contributed by atoms with Crippen LogP contribution in [0.15, 0.2) is 0 Å². The van der Waals surface area contributed by atoms with Crippen molar-refractivity contribution in [2.75, 3.05) is 26.2 Å². The Bertz CT molecular complexity index is 219. The third-order valence-corrected chi connectivity index (χ3v) is 4.04. The molecule has 0 aromatic heterocycles. The third-order valence-electron chi connectivity index (χ3n) is 4.04. The van der Waals surface area contributed by atoms with Gasteiger partial charge in [0.15, 0.2) is 0 Å². The van der Waals surface area contributed by atoms with E-state index in [4.69, 9.17) is 0 Å². The van der Waals surface area contributed by atoms with Gasteiger partial charge in [-0.25, -0.2) is 0 Å². The second-order valence-corrected chi connectivity index (χ2v) is 6.45. The van der Waals surface area contributed by atoms with Crippen LogP contribution in [0.5, 0.6) is 0 Å². The molecule has 0 amide bonds. The second-order valence-electron chi connectivity index (χ2n) is 6.45. The Hall–Kier alpha value is -0.120.